The third kappa shape index (κ3) is 2.27. The number of nitrogens with one attached hydrogen (secondary N) is 1. The van der Waals surface area contributed by atoms with Gasteiger partial charge >= 0.3 is 0 Å². The van der Waals surface area contributed by atoms with Crippen molar-refractivity contribution in [2.24, 2.45) is 0 Å². The maximum atomic E-state index is 4.56. The third-order valence-electron chi connectivity index (χ3n) is 3.83. The van der Waals surface area contributed by atoms with E-state index in [1.807, 2.05) is 0 Å². The van der Waals surface area contributed by atoms with Crippen molar-refractivity contribution in [2.75, 3.05) is 18.0 Å². The van der Waals surface area contributed by atoms with Gasteiger partial charge in [-0.25, -0.2) is 9.97 Å². The van der Waals surface area contributed by atoms with Gasteiger partial charge in [0.2, 0.25) is 0 Å². The van der Waals surface area contributed by atoms with Gasteiger partial charge in [0, 0.05) is 37.3 Å². The molecule has 0 saturated carbocycles. The summed E-state index contributed by atoms with van der Waals surface area (Å²) in [5.74, 6) is 1.04. The van der Waals surface area contributed by atoms with Crippen LogP contribution in [0.2, 0.25) is 0 Å². The molecule has 0 radical (unpaired) electrons. The number of rotatable bonds is 3. The molecular formula is C16H20N4. The second kappa shape index (κ2) is 5.59. The highest BCUT2D eigenvalue weighted by atomic mass is 15.2. The highest BCUT2D eigenvalue weighted by Gasteiger charge is 2.20. The summed E-state index contributed by atoms with van der Waals surface area (Å²) in [5.41, 5.74) is 4.91. The molecule has 4 nitrogen and oxygen atoms in total. The SMILES string of the molecule is CCN(c1ccccc1C)c1ncnc2c1CNCC2. The Balaban J connectivity index is 2.09. The maximum absolute atomic E-state index is 4.56. The van der Waals surface area contributed by atoms with Gasteiger partial charge in [0.1, 0.15) is 12.1 Å². The predicted molar refractivity (Wildman–Crippen MR) is 81.3 cm³/mol. The zero-order chi connectivity index (χ0) is 13.9. The zero-order valence-electron chi connectivity index (χ0n) is 12.1. The highest BCUT2D eigenvalue weighted by molar-refractivity contribution is 5.66. The molecule has 0 amide bonds. The number of para-hydroxylation sites is 1. The van der Waals surface area contributed by atoms with Crippen LogP contribution >= 0.6 is 0 Å². The Bertz CT molecular complexity index is 609. The van der Waals surface area contributed by atoms with Crippen molar-refractivity contribution in [1.82, 2.24) is 15.3 Å². The second-order valence-electron chi connectivity index (χ2n) is 5.08. The van der Waals surface area contributed by atoms with Crippen LogP contribution in [0.5, 0.6) is 0 Å². The van der Waals surface area contributed by atoms with E-state index >= 15 is 0 Å². The molecule has 4 heteroatoms. The summed E-state index contributed by atoms with van der Waals surface area (Å²) in [5, 5.41) is 3.42. The molecule has 1 aliphatic rings. The molecule has 20 heavy (non-hydrogen) atoms. The summed E-state index contributed by atoms with van der Waals surface area (Å²) in [4.78, 5) is 11.3. The smallest absolute Gasteiger partial charge is 0.141 e. The Morgan fingerprint density at radius 1 is 1.25 bits per heavy atom. The molecule has 0 unspecified atom stereocenters. The second-order valence-corrected chi connectivity index (χ2v) is 5.08. The predicted octanol–water partition coefficient (Wildman–Crippen LogP) is 2.59. The van der Waals surface area contributed by atoms with Crippen LogP contribution in [-0.2, 0) is 13.0 Å². The lowest BCUT2D eigenvalue weighted by molar-refractivity contribution is 0.624. The van der Waals surface area contributed by atoms with Gasteiger partial charge in [-0.15, -0.1) is 0 Å². The molecule has 1 aromatic heterocycles. The molecule has 0 aliphatic carbocycles. The average Bonchev–Trinajstić information content (AvgIpc) is 2.50. The quantitative estimate of drug-likeness (QED) is 0.929. The van der Waals surface area contributed by atoms with E-state index in [0.717, 1.165) is 31.9 Å². The van der Waals surface area contributed by atoms with E-state index in [2.05, 4.69) is 58.3 Å². The summed E-state index contributed by atoms with van der Waals surface area (Å²) < 4.78 is 0. The Labute approximate surface area is 119 Å². The van der Waals surface area contributed by atoms with Crippen LogP contribution < -0.4 is 10.2 Å². The molecule has 3 rings (SSSR count). The van der Waals surface area contributed by atoms with Crippen LogP contribution in [0.4, 0.5) is 11.5 Å². The van der Waals surface area contributed by atoms with Gasteiger partial charge in [0.15, 0.2) is 0 Å². The van der Waals surface area contributed by atoms with Crippen molar-refractivity contribution < 1.29 is 0 Å². The van der Waals surface area contributed by atoms with E-state index in [1.54, 1.807) is 6.33 Å². The monoisotopic (exact) mass is 268 g/mol. The molecule has 0 fully saturated rings. The van der Waals surface area contributed by atoms with Crippen molar-refractivity contribution in [3.63, 3.8) is 0 Å². The van der Waals surface area contributed by atoms with Crippen LogP contribution in [0.1, 0.15) is 23.7 Å². The van der Waals surface area contributed by atoms with Crippen molar-refractivity contribution in [3.8, 4) is 0 Å². The molecule has 2 aromatic rings. The third-order valence-corrected chi connectivity index (χ3v) is 3.83. The summed E-state index contributed by atoms with van der Waals surface area (Å²) in [7, 11) is 0. The summed E-state index contributed by atoms with van der Waals surface area (Å²) in [6, 6.07) is 8.45. The topological polar surface area (TPSA) is 41.1 Å². The normalized spacial score (nSPS) is 13.9. The van der Waals surface area contributed by atoms with E-state index in [-0.39, 0.29) is 0 Å². The van der Waals surface area contributed by atoms with E-state index in [9.17, 15) is 0 Å². The number of anilines is 2. The summed E-state index contributed by atoms with van der Waals surface area (Å²) in [6.45, 7) is 7.06. The molecule has 0 saturated heterocycles. The zero-order valence-corrected chi connectivity index (χ0v) is 12.1. The maximum Gasteiger partial charge on any atom is 0.141 e. The van der Waals surface area contributed by atoms with Crippen molar-refractivity contribution >= 4 is 11.5 Å². The van der Waals surface area contributed by atoms with E-state index in [4.69, 9.17) is 0 Å². The molecule has 0 spiro atoms. The lowest BCUT2D eigenvalue weighted by Crippen LogP contribution is -2.29. The largest absolute Gasteiger partial charge is 0.326 e. The van der Waals surface area contributed by atoms with Gasteiger partial charge < -0.3 is 10.2 Å². The Hall–Kier alpha value is -1.94. The van der Waals surface area contributed by atoms with E-state index in [0.29, 0.717) is 0 Å². The van der Waals surface area contributed by atoms with Gasteiger partial charge in [0.05, 0.1) is 5.69 Å². The summed E-state index contributed by atoms with van der Waals surface area (Å²) >= 11 is 0. The number of hydrogen-bond acceptors (Lipinski definition) is 4. The summed E-state index contributed by atoms with van der Waals surface area (Å²) in [6.07, 6.45) is 2.68. The Morgan fingerprint density at radius 2 is 2.10 bits per heavy atom. The number of fused-ring (bicyclic) bond motifs is 1. The number of benzene rings is 1. The molecule has 104 valence electrons. The molecular weight excluding hydrogens is 248 g/mol. The first-order chi connectivity index (χ1) is 9.81. The lowest BCUT2D eigenvalue weighted by atomic mass is 10.1. The lowest BCUT2D eigenvalue weighted by Gasteiger charge is -2.28. The van der Waals surface area contributed by atoms with Gasteiger partial charge in [-0.2, -0.15) is 0 Å². The van der Waals surface area contributed by atoms with Crippen LogP contribution in [-0.4, -0.2) is 23.1 Å². The first-order valence-corrected chi connectivity index (χ1v) is 7.18. The van der Waals surface area contributed by atoms with Crippen LogP contribution in [0, 0.1) is 6.92 Å². The van der Waals surface area contributed by atoms with Crippen LogP contribution in [0.3, 0.4) is 0 Å². The molecule has 1 aromatic carbocycles. The average molecular weight is 268 g/mol. The number of hydrogen-bond donors (Lipinski definition) is 1. The molecule has 0 atom stereocenters. The first-order valence-electron chi connectivity index (χ1n) is 7.18. The molecule has 1 N–H and O–H groups in total. The molecule has 0 bridgehead atoms. The fourth-order valence-electron chi connectivity index (χ4n) is 2.79. The fraction of sp³-hybridized carbons (Fsp3) is 0.375. The van der Waals surface area contributed by atoms with Gasteiger partial charge in [-0.05, 0) is 25.5 Å². The first kappa shape index (κ1) is 13.1. The minimum Gasteiger partial charge on any atom is -0.326 e. The van der Waals surface area contributed by atoms with E-state index in [1.165, 1.54) is 22.5 Å². The number of nitrogens with zero attached hydrogens (tertiary/aromatic N) is 3. The Morgan fingerprint density at radius 3 is 2.90 bits per heavy atom. The molecule has 2 heterocycles. The number of aryl methyl sites for hydroxylation is 1. The van der Waals surface area contributed by atoms with Gasteiger partial charge in [0.25, 0.3) is 0 Å². The highest BCUT2D eigenvalue weighted by Crippen LogP contribution is 2.30. The van der Waals surface area contributed by atoms with Crippen molar-refractivity contribution in [2.45, 2.75) is 26.8 Å². The van der Waals surface area contributed by atoms with E-state index < -0.39 is 0 Å². The van der Waals surface area contributed by atoms with Crippen molar-refractivity contribution in [1.29, 1.82) is 0 Å². The van der Waals surface area contributed by atoms with Gasteiger partial charge in [-0.1, -0.05) is 18.2 Å². The minimum atomic E-state index is 0.855. The van der Waals surface area contributed by atoms with Gasteiger partial charge in [-0.3, -0.25) is 0 Å². The number of aromatic nitrogens is 2. The Kier molecular flexibility index (Phi) is 3.65. The van der Waals surface area contributed by atoms with Crippen LogP contribution in [0.15, 0.2) is 30.6 Å². The minimum absolute atomic E-state index is 0.855. The van der Waals surface area contributed by atoms with Crippen molar-refractivity contribution in [3.05, 3.63) is 47.4 Å². The standard InChI is InChI=1S/C16H20N4/c1-3-20(15-7-5-4-6-12(15)2)16-13-10-17-9-8-14(13)18-11-19-16/h4-7,11,17H,3,8-10H2,1-2H3. The van der Waals surface area contributed by atoms with Crippen LogP contribution in [0.25, 0.3) is 0 Å². The molecule has 1 aliphatic heterocycles. The fourth-order valence-corrected chi connectivity index (χ4v) is 2.79.